The number of carbonyl (C=O) groups is 2. The monoisotopic (exact) mass is 409 g/mol. The molecule has 0 bridgehead atoms. The van der Waals surface area contributed by atoms with Gasteiger partial charge in [0.15, 0.2) is 18.1 Å². The predicted molar refractivity (Wildman–Crippen MR) is 94.3 cm³/mol. The fraction of sp³-hybridized carbons (Fsp3) is 0.389. The summed E-state index contributed by atoms with van der Waals surface area (Å²) in [4.78, 5) is 24.6. The lowest BCUT2D eigenvalue weighted by Crippen LogP contribution is -2.65. The zero-order valence-electron chi connectivity index (χ0n) is 14.7. The van der Waals surface area contributed by atoms with Crippen LogP contribution in [0.15, 0.2) is 28.8 Å². The number of benzene rings is 1. The van der Waals surface area contributed by atoms with E-state index >= 15 is 0 Å². The molecule has 10 heteroatoms. The molecule has 2 amide bonds. The standard InChI is InChI=1S/C18H17ClFN3O5/c19-13-2-1-10(3-14(13)20)27-12-5-18(6-12)8-23(9-18)17(25)26-7-11-4-15(16(21)24)22-28-11/h1-4,12H,5-9H2,(H2,21,24). The van der Waals surface area contributed by atoms with Gasteiger partial charge < -0.3 is 24.6 Å². The highest BCUT2D eigenvalue weighted by atomic mass is 35.5. The van der Waals surface area contributed by atoms with Gasteiger partial charge in [-0.25, -0.2) is 9.18 Å². The van der Waals surface area contributed by atoms with E-state index in [4.69, 9.17) is 31.3 Å². The summed E-state index contributed by atoms with van der Waals surface area (Å²) in [5.74, 6) is -0.543. The third kappa shape index (κ3) is 3.62. The van der Waals surface area contributed by atoms with E-state index in [9.17, 15) is 14.0 Å². The first kappa shape index (κ1) is 18.5. The smallest absolute Gasteiger partial charge is 0.410 e. The third-order valence-electron chi connectivity index (χ3n) is 4.98. The van der Waals surface area contributed by atoms with Crippen LogP contribution in [0.2, 0.25) is 5.02 Å². The fourth-order valence-electron chi connectivity index (χ4n) is 3.60. The summed E-state index contributed by atoms with van der Waals surface area (Å²) in [6.07, 6.45) is 1.09. The van der Waals surface area contributed by atoms with Crippen LogP contribution < -0.4 is 10.5 Å². The molecule has 1 saturated heterocycles. The second-order valence-electron chi connectivity index (χ2n) is 7.18. The lowest BCUT2D eigenvalue weighted by Gasteiger charge is -2.57. The van der Waals surface area contributed by atoms with Crippen molar-refractivity contribution in [1.82, 2.24) is 10.1 Å². The van der Waals surface area contributed by atoms with Gasteiger partial charge in [0.2, 0.25) is 0 Å². The van der Waals surface area contributed by atoms with E-state index in [1.165, 1.54) is 18.2 Å². The molecule has 1 saturated carbocycles. The van der Waals surface area contributed by atoms with Crippen LogP contribution in [-0.2, 0) is 11.3 Å². The van der Waals surface area contributed by atoms with Crippen molar-refractivity contribution in [2.75, 3.05) is 13.1 Å². The Hall–Kier alpha value is -2.81. The maximum absolute atomic E-state index is 13.5. The molecule has 0 radical (unpaired) electrons. The summed E-state index contributed by atoms with van der Waals surface area (Å²) >= 11 is 5.66. The van der Waals surface area contributed by atoms with Crippen molar-refractivity contribution in [1.29, 1.82) is 0 Å². The molecule has 1 aromatic carbocycles. The molecule has 0 unspecified atom stereocenters. The number of nitrogens with two attached hydrogens (primary N) is 1. The molecule has 1 aliphatic heterocycles. The average Bonchev–Trinajstić information content (AvgIpc) is 3.06. The van der Waals surface area contributed by atoms with E-state index in [-0.39, 0.29) is 34.6 Å². The number of ether oxygens (including phenoxy) is 2. The van der Waals surface area contributed by atoms with E-state index < -0.39 is 17.8 Å². The zero-order valence-corrected chi connectivity index (χ0v) is 15.4. The van der Waals surface area contributed by atoms with Gasteiger partial charge in [-0.2, -0.15) is 0 Å². The minimum absolute atomic E-state index is 0.0137. The highest BCUT2D eigenvalue weighted by Crippen LogP contribution is 2.49. The molecule has 2 aliphatic rings. The molecule has 2 aromatic rings. The summed E-state index contributed by atoms with van der Waals surface area (Å²) in [5, 5.41) is 3.53. The molecular formula is C18H17ClFN3O5. The van der Waals surface area contributed by atoms with Crippen molar-refractivity contribution in [3.05, 3.63) is 46.6 Å². The Balaban J connectivity index is 1.20. The number of primary amides is 1. The van der Waals surface area contributed by atoms with E-state index in [1.54, 1.807) is 11.0 Å². The van der Waals surface area contributed by atoms with Gasteiger partial charge in [0.1, 0.15) is 17.7 Å². The van der Waals surface area contributed by atoms with Crippen LogP contribution in [0.1, 0.15) is 29.1 Å². The summed E-state index contributed by atoms with van der Waals surface area (Å²) < 4.78 is 29.2. The number of aromatic nitrogens is 1. The Morgan fingerprint density at radius 3 is 2.75 bits per heavy atom. The van der Waals surface area contributed by atoms with Gasteiger partial charge in [-0.15, -0.1) is 0 Å². The van der Waals surface area contributed by atoms with Gasteiger partial charge in [0, 0.05) is 30.6 Å². The maximum Gasteiger partial charge on any atom is 0.410 e. The van der Waals surface area contributed by atoms with Crippen LogP contribution in [0.3, 0.4) is 0 Å². The number of likely N-dealkylation sites (tertiary alicyclic amines) is 1. The molecule has 2 N–H and O–H groups in total. The number of nitrogens with zero attached hydrogens (tertiary/aromatic N) is 2. The molecule has 28 heavy (non-hydrogen) atoms. The lowest BCUT2D eigenvalue weighted by atomic mass is 9.62. The molecule has 1 aliphatic carbocycles. The first-order valence-corrected chi connectivity index (χ1v) is 9.00. The van der Waals surface area contributed by atoms with Crippen molar-refractivity contribution in [2.45, 2.75) is 25.6 Å². The Kier molecular flexibility index (Phi) is 4.62. The normalized spacial score (nSPS) is 17.7. The molecule has 1 spiro atoms. The van der Waals surface area contributed by atoms with Crippen molar-refractivity contribution in [2.24, 2.45) is 11.1 Å². The quantitative estimate of drug-likeness (QED) is 0.813. The topological polar surface area (TPSA) is 108 Å². The Morgan fingerprint density at radius 2 is 2.11 bits per heavy atom. The summed E-state index contributed by atoms with van der Waals surface area (Å²) in [7, 11) is 0. The summed E-state index contributed by atoms with van der Waals surface area (Å²) in [6.45, 7) is 1.02. The highest BCUT2D eigenvalue weighted by Gasteiger charge is 2.55. The highest BCUT2D eigenvalue weighted by molar-refractivity contribution is 6.30. The molecule has 1 aromatic heterocycles. The van der Waals surface area contributed by atoms with E-state index in [0.717, 1.165) is 12.8 Å². The number of halogens is 2. The van der Waals surface area contributed by atoms with Gasteiger partial charge >= 0.3 is 6.09 Å². The van der Waals surface area contributed by atoms with Crippen LogP contribution in [0.4, 0.5) is 9.18 Å². The third-order valence-corrected chi connectivity index (χ3v) is 5.28. The molecule has 8 nitrogen and oxygen atoms in total. The number of hydrogen-bond donors (Lipinski definition) is 1. The van der Waals surface area contributed by atoms with Gasteiger partial charge in [0.25, 0.3) is 5.91 Å². The number of rotatable bonds is 5. The Labute approximate surface area is 164 Å². The van der Waals surface area contributed by atoms with E-state index in [1.807, 2.05) is 0 Å². The number of amides is 2. The first-order chi connectivity index (χ1) is 13.3. The van der Waals surface area contributed by atoms with Gasteiger partial charge in [0.05, 0.1) is 5.02 Å². The zero-order chi connectivity index (χ0) is 19.9. The lowest BCUT2D eigenvalue weighted by molar-refractivity contribution is -0.111. The van der Waals surface area contributed by atoms with E-state index in [2.05, 4.69) is 5.16 Å². The van der Waals surface area contributed by atoms with Crippen LogP contribution in [0.25, 0.3) is 0 Å². The molecule has 2 fully saturated rings. The van der Waals surface area contributed by atoms with Crippen molar-refractivity contribution in [3.8, 4) is 5.75 Å². The van der Waals surface area contributed by atoms with Crippen LogP contribution in [-0.4, -0.2) is 41.3 Å². The minimum atomic E-state index is -0.714. The van der Waals surface area contributed by atoms with Crippen LogP contribution >= 0.6 is 11.6 Å². The van der Waals surface area contributed by atoms with Crippen molar-refractivity contribution >= 4 is 23.6 Å². The predicted octanol–water partition coefficient (Wildman–Crippen LogP) is 2.75. The average molecular weight is 410 g/mol. The molecule has 4 rings (SSSR count). The SMILES string of the molecule is NC(=O)c1cc(COC(=O)N2CC3(CC(Oc4ccc(Cl)c(F)c4)C3)C2)on1. The van der Waals surface area contributed by atoms with E-state index in [0.29, 0.717) is 18.8 Å². The second kappa shape index (κ2) is 6.97. The van der Waals surface area contributed by atoms with Gasteiger partial charge in [-0.1, -0.05) is 16.8 Å². The number of hydrogen-bond acceptors (Lipinski definition) is 6. The van der Waals surface area contributed by atoms with Crippen LogP contribution in [0, 0.1) is 11.2 Å². The Morgan fingerprint density at radius 1 is 1.36 bits per heavy atom. The molecule has 2 heterocycles. The maximum atomic E-state index is 13.5. The largest absolute Gasteiger partial charge is 0.490 e. The fourth-order valence-corrected chi connectivity index (χ4v) is 3.72. The molecular weight excluding hydrogens is 393 g/mol. The van der Waals surface area contributed by atoms with Crippen molar-refractivity contribution < 1.29 is 28.0 Å². The first-order valence-electron chi connectivity index (χ1n) is 8.62. The molecule has 148 valence electrons. The van der Waals surface area contributed by atoms with Gasteiger partial charge in [-0.3, -0.25) is 4.79 Å². The summed E-state index contributed by atoms with van der Waals surface area (Å²) in [6, 6.07) is 5.70. The Bertz CT molecular complexity index is 920. The van der Waals surface area contributed by atoms with Gasteiger partial charge in [-0.05, 0) is 25.0 Å². The van der Waals surface area contributed by atoms with Crippen molar-refractivity contribution in [3.63, 3.8) is 0 Å². The number of carbonyl (C=O) groups excluding carboxylic acids is 2. The minimum Gasteiger partial charge on any atom is -0.490 e. The molecule has 0 atom stereocenters. The second-order valence-corrected chi connectivity index (χ2v) is 7.58. The van der Waals surface area contributed by atoms with Crippen LogP contribution in [0.5, 0.6) is 5.75 Å². The summed E-state index contributed by atoms with van der Waals surface area (Å²) in [5.41, 5.74) is 5.08.